The van der Waals surface area contributed by atoms with E-state index >= 15 is 0 Å². The average Bonchev–Trinajstić information content (AvgIpc) is 3.06. The number of hydrogen-bond acceptors (Lipinski definition) is 7. The molecule has 0 atom stereocenters. The maximum Gasteiger partial charge on any atom is 0.311 e. The number of methoxy groups -OCH3 is 2. The number of aromatic nitrogens is 1. The first-order valence-corrected chi connectivity index (χ1v) is 8.74. The summed E-state index contributed by atoms with van der Waals surface area (Å²) >= 11 is 1.25. The highest BCUT2D eigenvalue weighted by molar-refractivity contribution is 7.14. The van der Waals surface area contributed by atoms with Crippen molar-refractivity contribution in [3.05, 3.63) is 40.9 Å². The standard InChI is InChI=1S/C18H20N2O5S/c1-4-25-17(22)9-13-11-26-18(19-13)20-16(21)6-5-12-7-14(23-2)10-15(8-12)24-3/h5-8,10-11H,4,9H2,1-3H3,(H,19,20,21)/b6-5+. The Morgan fingerprint density at radius 2 is 1.88 bits per heavy atom. The van der Waals surface area contributed by atoms with Crippen molar-refractivity contribution in [3.8, 4) is 11.5 Å². The third kappa shape index (κ3) is 5.89. The van der Waals surface area contributed by atoms with E-state index in [9.17, 15) is 9.59 Å². The number of esters is 1. The van der Waals surface area contributed by atoms with Crippen molar-refractivity contribution in [3.63, 3.8) is 0 Å². The minimum absolute atomic E-state index is 0.0830. The van der Waals surface area contributed by atoms with Crippen LogP contribution in [0.2, 0.25) is 0 Å². The Kier molecular flexibility index (Phi) is 7.16. The molecule has 7 nitrogen and oxygen atoms in total. The maximum atomic E-state index is 12.0. The van der Waals surface area contributed by atoms with Crippen LogP contribution in [0.1, 0.15) is 18.2 Å². The minimum Gasteiger partial charge on any atom is -0.497 e. The van der Waals surface area contributed by atoms with Crippen molar-refractivity contribution < 1.29 is 23.8 Å². The van der Waals surface area contributed by atoms with E-state index in [1.54, 1.807) is 50.8 Å². The number of carbonyl (C=O) groups excluding carboxylic acids is 2. The maximum absolute atomic E-state index is 12.0. The van der Waals surface area contributed by atoms with Crippen molar-refractivity contribution in [1.82, 2.24) is 4.98 Å². The molecule has 8 heteroatoms. The molecule has 26 heavy (non-hydrogen) atoms. The molecule has 1 aromatic carbocycles. The van der Waals surface area contributed by atoms with Gasteiger partial charge in [-0.2, -0.15) is 0 Å². The van der Waals surface area contributed by atoms with Gasteiger partial charge < -0.3 is 14.2 Å². The molecule has 0 aliphatic heterocycles. The van der Waals surface area contributed by atoms with Crippen LogP contribution in [0, 0.1) is 0 Å². The fourth-order valence-corrected chi connectivity index (χ4v) is 2.76. The number of nitrogens with zero attached hydrogens (tertiary/aromatic N) is 1. The first-order chi connectivity index (χ1) is 12.5. The Balaban J connectivity index is 1.97. The van der Waals surface area contributed by atoms with Crippen molar-refractivity contribution in [1.29, 1.82) is 0 Å². The number of anilines is 1. The highest BCUT2D eigenvalue weighted by Gasteiger charge is 2.09. The summed E-state index contributed by atoms with van der Waals surface area (Å²) in [6, 6.07) is 5.32. The lowest BCUT2D eigenvalue weighted by atomic mass is 10.2. The molecule has 1 aromatic heterocycles. The second-order valence-corrected chi connectivity index (χ2v) is 5.95. The molecule has 0 saturated heterocycles. The van der Waals surface area contributed by atoms with Gasteiger partial charge in [-0.25, -0.2) is 4.98 Å². The van der Waals surface area contributed by atoms with Crippen LogP contribution >= 0.6 is 11.3 Å². The molecule has 0 saturated carbocycles. The van der Waals surface area contributed by atoms with Gasteiger partial charge >= 0.3 is 5.97 Å². The molecule has 0 aliphatic carbocycles. The molecule has 0 fully saturated rings. The fourth-order valence-electron chi connectivity index (χ4n) is 2.05. The Hall–Kier alpha value is -2.87. The molecular weight excluding hydrogens is 356 g/mol. The molecule has 138 valence electrons. The summed E-state index contributed by atoms with van der Waals surface area (Å²) in [6.45, 7) is 2.07. The molecule has 0 aliphatic rings. The van der Waals surface area contributed by atoms with E-state index in [-0.39, 0.29) is 18.3 Å². The van der Waals surface area contributed by atoms with Crippen LogP contribution in [0.5, 0.6) is 11.5 Å². The number of ether oxygens (including phenoxy) is 3. The van der Waals surface area contributed by atoms with E-state index in [4.69, 9.17) is 14.2 Å². The van der Waals surface area contributed by atoms with Crippen molar-refractivity contribution in [2.24, 2.45) is 0 Å². The fraction of sp³-hybridized carbons (Fsp3) is 0.278. The zero-order valence-corrected chi connectivity index (χ0v) is 15.6. The van der Waals surface area contributed by atoms with E-state index in [0.717, 1.165) is 5.56 Å². The Bertz CT molecular complexity index is 778. The summed E-state index contributed by atoms with van der Waals surface area (Å²) in [6.07, 6.45) is 3.12. The van der Waals surface area contributed by atoms with Crippen molar-refractivity contribution in [2.45, 2.75) is 13.3 Å². The van der Waals surface area contributed by atoms with Gasteiger partial charge in [0.1, 0.15) is 11.5 Å². The van der Waals surface area contributed by atoms with Crippen LogP contribution in [-0.2, 0) is 20.7 Å². The molecule has 0 spiro atoms. The normalized spacial score (nSPS) is 10.6. The number of thiazole rings is 1. The number of hydrogen-bond donors (Lipinski definition) is 1. The molecular formula is C18H20N2O5S. The predicted molar refractivity (Wildman–Crippen MR) is 99.7 cm³/mol. The van der Waals surface area contributed by atoms with Crippen LogP contribution in [-0.4, -0.2) is 37.7 Å². The third-order valence-corrected chi connectivity index (χ3v) is 4.02. The van der Waals surface area contributed by atoms with Gasteiger partial charge in [0, 0.05) is 17.5 Å². The molecule has 1 heterocycles. The van der Waals surface area contributed by atoms with Gasteiger partial charge in [0.05, 0.1) is 32.9 Å². The lowest BCUT2D eigenvalue weighted by molar-refractivity contribution is -0.142. The number of carbonyl (C=O) groups is 2. The molecule has 2 aromatic rings. The zero-order chi connectivity index (χ0) is 18.9. The molecule has 0 bridgehead atoms. The third-order valence-electron chi connectivity index (χ3n) is 3.21. The van der Waals surface area contributed by atoms with Crippen molar-refractivity contribution >= 4 is 34.4 Å². The summed E-state index contributed by atoms with van der Waals surface area (Å²) in [4.78, 5) is 27.7. The second kappa shape index (κ2) is 9.57. The van der Waals surface area contributed by atoms with Gasteiger partial charge in [-0.3, -0.25) is 14.9 Å². The Labute approximate surface area is 155 Å². The quantitative estimate of drug-likeness (QED) is 0.563. The first-order valence-electron chi connectivity index (χ1n) is 7.86. The number of rotatable bonds is 8. The minimum atomic E-state index is -0.345. The lowest BCUT2D eigenvalue weighted by Gasteiger charge is -2.05. The number of amides is 1. The summed E-state index contributed by atoms with van der Waals surface area (Å²) in [5, 5.41) is 4.79. The average molecular weight is 376 g/mol. The van der Waals surface area contributed by atoms with Gasteiger partial charge in [0.2, 0.25) is 5.91 Å². The highest BCUT2D eigenvalue weighted by atomic mass is 32.1. The SMILES string of the molecule is CCOC(=O)Cc1csc(NC(=O)/C=C/c2cc(OC)cc(OC)c2)n1. The molecule has 1 amide bonds. The summed E-state index contributed by atoms with van der Waals surface area (Å²) in [5.41, 5.74) is 1.32. The Morgan fingerprint density at radius 3 is 2.50 bits per heavy atom. The van der Waals surface area contributed by atoms with E-state index in [2.05, 4.69) is 10.3 Å². The van der Waals surface area contributed by atoms with Gasteiger partial charge in [0.25, 0.3) is 0 Å². The monoisotopic (exact) mass is 376 g/mol. The van der Waals surface area contributed by atoms with E-state index < -0.39 is 0 Å². The van der Waals surface area contributed by atoms with Gasteiger partial charge in [-0.1, -0.05) is 0 Å². The number of nitrogens with one attached hydrogen (secondary N) is 1. The lowest BCUT2D eigenvalue weighted by Crippen LogP contribution is -2.09. The predicted octanol–water partition coefficient (Wildman–Crippen LogP) is 2.92. The molecule has 0 unspecified atom stereocenters. The Morgan fingerprint density at radius 1 is 1.19 bits per heavy atom. The van der Waals surface area contributed by atoms with Crippen LogP contribution < -0.4 is 14.8 Å². The van der Waals surface area contributed by atoms with Crippen LogP contribution in [0.25, 0.3) is 6.08 Å². The van der Waals surface area contributed by atoms with Crippen LogP contribution in [0.3, 0.4) is 0 Å². The molecule has 0 radical (unpaired) electrons. The smallest absolute Gasteiger partial charge is 0.311 e. The summed E-state index contributed by atoms with van der Waals surface area (Å²) in [5.74, 6) is 0.590. The first kappa shape index (κ1) is 19.5. The summed E-state index contributed by atoms with van der Waals surface area (Å²) < 4.78 is 15.3. The van der Waals surface area contributed by atoms with E-state index in [1.165, 1.54) is 17.4 Å². The van der Waals surface area contributed by atoms with Gasteiger partial charge in [0.15, 0.2) is 5.13 Å². The van der Waals surface area contributed by atoms with Crippen LogP contribution in [0.4, 0.5) is 5.13 Å². The largest absolute Gasteiger partial charge is 0.497 e. The highest BCUT2D eigenvalue weighted by Crippen LogP contribution is 2.23. The number of benzene rings is 1. The zero-order valence-electron chi connectivity index (χ0n) is 14.8. The van der Waals surface area contributed by atoms with E-state index in [0.29, 0.717) is 28.9 Å². The molecule has 1 N–H and O–H groups in total. The molecule has 2 rings (SSSR count). The topological polar surface area (TPSA) is 86.8 Å². The van der Waals surface area contributed by atoms with Crippen LogP contribution in [0.15, 0.2) is 29.7 Å². The second-order valence-electron chi connectivity index (χ2n) is 5.09. The summed E-state index contributed by atoms with van der Waals surface area (Å²) in [7, 11) is 3.12. The van der Waals surface area contributed by atoms with E-state index in [1.807, 2.05) is 0 Å². The van der Waals surface area contributed by atoms with Gasteiger partial charge in [-0.15, -0.1) is 11.3 Å². The van der Waals surface area contributed by atoms with Gasteiger partial charge in [-0.05, 0) is 30.7 Å². The van der Waals surface area contributed by atoms with Crippen molar-refractivity contribution in [2.75, 3.05) is 26.1 Å².